The van der Waals surface area contributed by atoms with Crippen molar-refractivity contribution >= 4 is 0 Å². The quantitative estimate of drug-likeness (QED) is 0.736. The van der Waals surface area contributed by atoms with Gasteiger partial charge in [-0.2, -0.15) is 0 Å². The molecule has 1 unspecified atom stereocenters. The SMILES string of the molecule is CCCOCC(O)c1ccc(CC(C)C)cc1. The fourth-order valence-corrected chi connectivity index (χ4v) is 1.78. The molecule has 0 amide bonds. The summed E-state index contributed by atoms with van der Waals surface area (Å²) < 4.78 is 5.34. The highest BCUT2D eigenvalue weighted by atomic mass is 16.5. The molecule has 0 saturated carbocycles. The van der Waals surface area contributed by atoms with Crippen LogP contribution in [0, 0.1) is 5.92 Å². The Morgan fingerprint density at radius 2 is 1.82 bits per heavy atom. The van der Waals surface area contributed by atoms with E-state index in [0.29, 0.717) is 19.1 Å². The lowest BCUT2D eigenvalue weighted by molar-refractivity contribution is 0.0364. The Balaban J connectivity index is 2.48. The first-order chi connectivity index (χ1) is 8.13. The van der Waals surface area contributed by atoms with Gasteiger partial charge in [0.05, 0.1) is 6.61 Å². The Kier molecular flexibility index (Phi) is 6.23. The van der Waals surface area contributed by atoms with E-state index in [1.165, 1.54) is 5.56 Å². The molecule has 2 nitrogen and oxygen atoms in total. The minimum atomic E-state index is -0.505. The average Bonchev–Trinajstić information content (AvgIpc) is 2.29. The predicted molar refractivity (Wildman–Crippen MR) is 71.1 cm³/mol. The second-order valence-electron chi connectivity index (χ2n) is 4.93. The lowest BCUT2D eigenvalue weighted by Crippen LogP contribution is -2.08. The molecule has 0 spiro atoms. The molecule has 0 saturated heterocycles. The first-order valence-electron chi connectivity index (χ1n) is 6.48. The second-order valence-corrected chi connectivity index (χ2v) is 4.93. The highest BCUT2D eigenvalue weighted by Crippen LogP contribution is 2.16. The summed E-state index contributed by atoms with van der Waals surface area (Å²) in [4.78, 5) is 0. The number of hydrogen-bond donors (Lipinski definition) is 1. The number of hydrogen-bond acceptors (Lipinski definition) is 2. The smallest absolute Gasteiger partial charge is 0.102 e. The third-order valence-electron chi connectivity index (χ3n) is 2.63. The molecule has 1 aromatic carbocycles. The van der Waals surface area contributed by atoms with E-state index in [9.17, 15) is 5.11 Å². The highest BCUT2D eigenvalue weighted by molar-refractivity contribution is 5.24. The molecule has 0 aliphatic carbocycles. The van der Waals surface area contributed by atoms with Crippen molar-refractivity contribution < 1.29 is 9.84 Å². The van der Waals surface area contributed by atoms with Gasteiger partial charge in [-0.05, 0) is 29.9 Å². The zero-order chi connectivity index (χ0) is 12.7. The van der Waals surface area contributed by atoms with Crippen molar-refractivity contribution in [3.63, 3.8) is 0 Å². The Morgan fingerprint density at radius 1 is 1.18 bits per heavy atom. The molecule has 1 N–H and O–H groups in total. The summed E-state index contributed by atoms with van der Waals surface area (Å²) in [7, 11) is 0. The Labute approximate surface area is 105 Å². The van der Waals surface area contributed by atoms with Crippen LogP contribution in [0.2, 0.25) is 0 Å². The first kappa shape index (κ1) is 14.2. The minimum Gasteiger partial charge on any atom is -0.386 e. The van der Waals surface area contributed by atoms with Gasteiger partial charge in [0.25, 0.3) is 0 Å². The third kappa shape index (κ3) is 5.33. The minimum absolute atomic E-state index is 0.386. The second kappa shape index (κ2) is 7.46. The van der Waals surface area contributed by atoms with Gasteiger partial charge < -0.3 is 9.84 Å². The molecule has 1 rings (SSSR count). The largest absolute Gasteiger partial charge is 0.386 e. The van der Waals surface area contributed by atoms with Crippen molar-refractivity contribution in [3.8, 4) is 0 Å². The van der Waals surface area contributed by atoms with Crippen LogP contribution in [0.5, 0.6) is 0 Å². The fourth-order valence-electron chi connectivity index (χ4n) is 1.78. The standard InChI is InChI=1S/C15H24O2/c1-4-9-17-11-15(16)14-7-5-13(6-8-14)10-12(2)3/h5-8,12,15-16H,4,9-11H2,1-3H3. The molecule has 0 heterocycles. The van der Waals surface area contributed by atoms with Crippen molar-refractivity contribution in [1.82, 2.24) is 0 Å². The number of aliphatic hydroxyl groups is 1. The summed E-state index contributed by atoms with van der Waals surface area (Å²) in [5.41, 5.74) is 2.26. The summed E-state index contributed by atoms with van der Waals surface area (Å²) in [5, 5.41) is 9.89. The normalized spacial score (nSPS) is 13.0. The summed E-state index contributed by atoms with van der Waals surface area (Å²) in [6.45, 7) is 7.58. The van der Waals surface area contributed by atoms with E-state index in [0.717, 1.165) is 18.4 Å². The average molecular weight is 236 g/mol. The Hall–Kier alpha value is -0.860. The van der Waals surface area contributed by atoms with Crippen LogP contribution in [0.3, 0.4) is 0 Å². The molecule has 96 valence electrons. The molecule has 0 fully saturated rings. The molecule has 1 aromatic rings. The van der Waals surface area contributed by atoms with Crippen LogP contribution in [0.1, 0.15) is 44.4 Å². The molecule has 0 bridgehead atoms. The lowest BCUT2D eigenvalue weighted by atomic mass is 10.0. The van der Waals surface area contributed by atoms with Crippen LogP contribution in [0.25, 0.3) is 0 Å². The van der Waals surface area contributed by atoms with Crippen LogP contribution in [0.15, 0.2) is 24.3 Å². The molecule has 0 radical (unpaired) electrons. The number of rotatable bonds is 7. The molecule has 1 atom stereocenters. The van der Waals surface area contributed by atoms with Crippen LogP contribution in [-0.2, 0) is 11.2 Å². The van der Waals surface area contributed by atoms with Gasteiger partial charge in [-0.25, -0.2) is 0 Å². The molecular formula is C15H24O2. The molecular weight excluding hydrogens is 212 g/mol. The molecule has 2 heteroatoms. The van der Waals surface area contributed by atoms with Crippen molar-refractivity contribution in [3.05, 3.63) is 35.4 Å². The third-order valence-corrected chi connectivity index (χ3v) is 2.63. The van der Waals surface area contributed by atoms with Gasteiger partial charge in [-0.1, -0.05) is 45.0 Å². The van der Waals surface area contributed by atoms with Gasteiger partial charge in [-0.15, -0.1) is 0 Å². The maximum absolute atomic E-state index is 9.89. The topological polar surface area (TPSA) is 29.5 Å². The fraction of sp³-hybridized carbons (Fsp3) is 0.600. The van der Waals surface area contributed by atoms with Gasteiger partial charge in [0, 0.05) is 6.61 Å². The van der Waals surface area contributed by atoms with Crippen molar-refractivity contribution in [2.45, 2.75) is 39.7 Å². The van der Waals surface area contributed by atoms with E-state index in [1.54, 1.807) is 0 Å². The van der Waals surface area contributed by atoms with Crippen LogP contribution in [0.4, 0.5) is 0 Å². The summed E-state index contributed by atoms with van der Waals surface area (Å²) in [5.74, 6) is 0.665. The Bertz CT molecular complexity index is 303. The zero-order valence-electron chi connectivity index (χ0n) is 11.1. The van der Waals surface area contributed by atoms with Crippen molar-refractivity contribution in [1.29, 1.82) is 0 Å². The maximum atomic E-state index is 9.89. The predicted octanol–water partition coefficient (Wildman–Crippen LogP) is 3.35. The van der Waals surface area contributed by atoms with Gasteiger partial charge in [-0.3, -0.25) is 0 Å². The monoisotopic (exact) mass is 236 g/mol. The number of ether oxygens (including phenoxy) is 1. The van der Waals surface area contributed by atoms with E-state index in [4.69, 9.17) is 4.74 Å². The Morgan fingerprint density at radius 3 is 2.35 bits per heavy atom. The van der Waals surface area contributed by atoms with Crippen molar-refractivity contribution in [2.24, 2.45) is 5.92 Å². The maximum Gasteiger partial charge on any atom is 0.102 e. The number of benzene rings is 1. The van der Waals surface area contributed by atoms with E-state index in [-0.39, 0.29) is 0 Å². The van der Waals surface area contributed by atoms with E-state index in [1.807, 2.05) is 12.1 Å². The van der Waals surface area contributed by atoms with E-state index in [2.05, 4.69) is 32.9 Å². The first-order valence-corrected chi connectivity index (χ1v) is 6.48. The summed E-state index contributed by atoms with van der Waals surface area (Å²) in [6, 6.07) is 8.19. The van der Waals surface area contributed by atoms with Gasteiger partial charge in [0.1, 0.15) is 6.10 Å². The zero-order valence-corrected chi connectivity index (χ0v) is 11.1. The molecule has 0 aliphatic heterocycles. The molecule has 0 aromatic heterocycles. The van der Waals surface area contributed by atoms with Crippen LogP contribution < -0.4 is 0 Å². The van der Waals surface area contributed by atoms with Gasteiger partial charge >= 0.3 is 0 Å². The van der Waals surface area contributed by atoms with Gasteiger partial charge in [0.15, 0.2) is 0 Å². The van der Waals surface area contributed by atoms with Crippen LogP contribution in [-0.4, -0.2) is 18.3 Å². The van der Waals surface area contributed by atoms with Crippen molar-refractivity contribution in [2.75, 3.05) is 13.2 Å². The summed E-state index contributed by atoms with van der Waals surface area (Å²) in [6.07, 6.45) is 1.57. The van der Waals surface area contributed by atoms with E-state index >= 15 is 0 Å². The molecule has 17 heavy (non-hydrogen) atoms. The molecule has 0 aliphatic rings. The number of aliphatic hydroxyl groups excluding tert-OH is 1. The van der Waals surface area contributed by atoms with Gasteiger partial charge in [0.2, 0.25) is 0 Å². The highest BCUT2D eigenvalue weighted by Gasteiger charge is 2.07. The summed E-state index contributed by atoms with van der Waals surface area (Å²) >= 11 is 0. The lowest BCUT2D eigenvalue weighted by Gasteiger charge is -2.12. The van der Waals surface area contributed by atoms with Crippen LogP contribution >= 0.6 is 0 Å². The van der Waals surface area contributed by atoms with E-state index < -0.39 is 6.10 Å².